The molecule has 0 saturated carbocycles. The first kappa shape index (κ1) is 11.1. The lowest BCUT2D eigenvalue weighted by Crippen LogP contribution is -2.53. The van der Waals surface area contributed by atoms with Crippen molar-refractivity contribution in [2.75, 3.05) is 13.1 Å². The van der Waals surface area contributed by atoms with Gasteiger partial charge in [0, 0.05) is 19.6 Å². The Balaban J connectivity index is 2.06. The van der Waals surface area contributed by atoms with E-state index in [9.17, 15) is 4.79 Å². The van der Waals surface area contributed by atoms with Gasteiger partial charge in [-0.15, -0.1) is 0 Å². The first-order chi connectivity index (χ1) is 7.66. The van der Waals surface area contributed by atoms with Crippen LogP contribution in [-0.2, 0) is 11.3 Å². The average molecular weight is 218 g/mol. The largest absolute Gasteiger partial charge is 0.336 e. The van der Waals surface area contributed by atoms with Gasteiger partial charge in [0.15, 0.2) is 0 Å². The number of rotatable bonds is 2. The Hall–Kier alpha value is -1.35. The van der Waals surface area contributed by atoms with Crippen molar-refractivity contribution in [2.45, 2.75) is 26.4 Å². The van der Waals surface area contributed by atoms with Gasteiger partial charge >= 0.3 is 0 Å². The molecule has 1 aliphatic heterocycles. The Morgan fingerprint density at radius 2 is 2.31 bits per heavy atom. The molecule has 16 heavy (non-hydrogen) atoms. The molecule has 1 atom stereocenters. The van der Waals surface area contributed by atoms with Gasteiger partial charge in [0.1, 0.15) is 0 Å². The fourth-order valence-electron chi connectivity index (χ4n) is 2.08. The van der Waals surface area contributed by atoms with Gasteiger partial charge in [-0.2, -0.15) is 0 Å². The van der Waals surface area contributed by atoms with E-state index >= 15 is 0 Å². The molecule has 1 saturated heterocycles. The molecule has 3 nitrogen and oxygen atoms in total. The molecule has 1 N–H and O–H groups in total. The molecule has 3 heteroatoms. The lowest BCUT2D eigenvalue weighted by molar-refractivity contribution is -0.135. The molecule has 0 bridgehead atoms. The van der Waals surface area contributed by atoms with E-state index in [1.165, 1.54) is 11.1 Å². The fourth-order valence-corrected chi connectivity index (χ4v) is 2.08. The number of nitrogens with one attached hydrogen (secondary N) is 1. The summed E-state index contributed by atoms with van der Waals surface area (Å²) in [7, 11) is 0. The van der Waals surface area contributed by atoms with Crippen LogP contribution >= 0.6 is 0 Å². The second-order valence-corrected chi connectivity index (χ2v) is 4.42. The molecule has 0 aromatic heterocycles. The Labute approximate surface area is 96.5 Å². The summed E-state index contributed by atoms with van der Waals surface area (Å²) < 4.78 is 0. The van der Waals surface area contributed by atoms with E-state index in [-0.39, 0.29) is 11.9 Å². The van der Waals surface area contributed by atoms with Crippen molar-refractivity contribution >= 4 is 5.91 Å². The first-order valence-corrected chi connectivity index (χ1v) is 5.74. The highest BCUT2D eigenvalue weighted by Gasteiger charge is 2.24. The number of hydrogen-bond acceptors (Lipinski definition) is 2. The molecule has 1 fully saturated rings. The van der Waals surface area contributed by atoms with Crippen molar-refractivity contribution < 1.29 is 4.79 Å². The van der Waals surface area contributed by atoms with Crippen LogP contribution in [0.15, 0.2) is 24.3 Å². The molecular formula is C13H18N2O. The summed E-state index contributed by atoms with van der Waals surface area (Å²) in [5.41, 5.74) is 2.45. The van der Waals surface area contributed by atoms with Crippen molar-refractivity contribution in [1.29, 1.82) is 0 Å². The third-order valence-electron chi connectivity index (χ3n) is 2.97. The Morgan fingerprint density at radius 1 is 1.50 bits per heavy atom. The molecule has 0 unspecified atom stereocenters. The second-order valence-electron chi connectivity index (χ2n) is 4.42. The van der Waals surface area contributed by atoms with Gasteiger partial charge in [0.05, 0.1) is 6.04 Å². The van der Waals surface area contributed by atoms with E-state index in [2.05, 4.69) is 30.4 Å². The molecule has 1 heterocycles. The zero-order valence-electron chi connectivity index (χ0n) is 9.86. The van der Waals surface area contributed by atoms with Crippen LogP contribution < -0.4 is 5.32 Å². The lowest BCUT2D eigenvalue weighted by atomic mass is 10.1. The predicted octanol–water partition coefficient (Wildman–Crippen LogP) is 1.32. The Bertz CT molecular complexity index is 389. The van der Waals surface area contributed by atoms with Crippen molar-refractivity contribution in [2.24, 2.45) is 0 Å². The minimum absolute atomic E-state index is 0.0430. The summed E-state index contributed by atoms with van der Waals surface area (Å²) in [5, 5.41) is 3.17. The highest BCUT2D eigenvalue weighted by Crippen LogP contribution is 2.10. The smallest absolute Gasteiger partial charge is 0.239 e. The molecule has 2 rings (SSSR count). The van der Waals surface area contributed by atoms with Crippen LogP contribution in [0.25, 0.3) is 0 Å². The van der Waals surface area contributed by atoms with Gasteiger partial charge in [0.25, 0.3) is 0 Å². The normalized spacial score (nSPS) is 21.2. The summed E-state index contributed by atoms with van der Waals surface area (Å²) in [6.07, 6.45) is 0. The van der Waals surface area contributed by atoms with E-state index in [0.717, 1.165) is 19.6 Å². The molecule has 1 aromatic rings. The third kappa shape index (κ3) is 2.42. The van der Waals surface area contributed by atoms with Gasteiger partial charge in [-0.05, 0) is 19.4 Å². The molecule has 1 aromatic carbocycles. The average Bonchev–Trinajstić information content (AvgIpc) is 2.25. The number of nitrogens with zero attached hydrogens (tertiary/aromatic N) is 1. The van der Waals surface area contributed by atoms with E-state index < -0.39 is 0 Å². The standard InChI is InChI=1S/C13H18N2O/c1-10-4-3-5-12(8-10)9-15-7-6-14-11(2)13(15)16/h3-5,8,11,14H,6-7,9H2,1-2H3/t11-/m1/s1. The number of carbonyl (C=O) groups excluding carboxylic acids is 1. The number of benzene rings is 1. The van der Waals surface area contributed by atoms with Crippen LogP contribution in [0, 0.1) is 6.92 Å². The topological polar surface area (TPSA) is 32.3 Å². The molecule has 0 aliphatic carbocycles. The number of carbonyl (C=O) groups is 1. The van der Waals surface area contributed by atoms with Crippen LogP contribution in [0.5, 0.6) is 0 Å². The predicted molar refractivity (Wildman–Crippen MR) is 64.1 cm³/mol. The molecule has 86 valence electrons. The van der Waals surface area contributed by atoms with Crippen LogP contribution in [0.3, 0.4) is 0 Å². The Kier molecular flexibility index (Phi) is 3.25. The first-order valence-electron chi connectivity index (χ1n) is 5.74. The Morgan fingerprint density at radius 3 is 3.06 bits per heavy atom. The number of hydrogen-bond donors (Lipinski definition) is 1. The maximum Gasteiger partial charge on any atom is 0.239 e. The minimum atomic E-state index is -0.0430. The summed E-state index contributed by atoms with van der Waals surface area (Å²) >= 11 is 0. The maximum absolute atomic E-state index is 11.9. The summed E-state index contributed by atoms with van der Waals surface area (Å²) in [6.45, 7) is 6.42. The van der Waals surface area contributed by atoms with Crippen molar-refractivity contribution in [1.82, 2.24) is 10.2 Å². The van der Waals surface area contributed by atoms with Crippen LogP contribution in [0.1, 0.15) is 18.1 Å². The summed E-state index contributed by atoms with van der Waals surface area (Å²) in [4.78, 5) is 13.8. The monoisotopic (exact) mass is 218 g/mol. The van der Waals surface area contributed by atoms with Crippen LogP contribution in [0.2, 0.25) is 0 Å². The van der Waals surface area contributed by atoms with Gasteiger partial charge in [-0.3, -0.25) is 4.79 Å². The highest BCUT2D eigenvalue weighted by molar-refractivity contribution is 5.82. The van der Waals surface area contributed by atoms with Crippen LogP contribution in [0.4, 0.5) is 0 Å². The van der Waals surface area contributed by atoms with Crippen molar-refractivity contribution in [3.8, 4) is 0 Å². The molecular weight excluding hydrogens is 200 g/mol. The minimum Gasteiger partial charge on any atom is -0.336 e. The third-order valence-corrected chi connectivity index (χ3v) is 2.97. The summed E-state index contributed by atoms with van der Waals surface area (Å²) in [5.74, 6) is 0.202. The molecule has 1 aliphatic rings. The number of aryl methyl sites for hydroxylation is 1. The van der Waals surface area contributed by atoms with Crippen LogP contribution in [-0.4, -0.2) is 29.9 Å². The van der Waals surface area contributed by atoms with Gasteiger partial charge in [-0.1, -0.05) is 29.8 Å². The summed E-state index contributed by atoms with van der Waals surface area (Å²) in [6, 6.07) is 8.29. The quantitative estimate of drug-likeness (QED) is 0.812. The zero-order valence-corrected chi connectivity index (χ0v) is 9.86. The van der Waals surface area contributed by atoms with E-state index in [0.29, 0.717) is 0 Å². The SMILES string of the molecule is Cc1cccc(CN2CCN[C@H](C)C2=O)c1. The van der Waals surface area contributed by atoms with Gasteiger partial charge in [0.2, 0.25) is 5.91 Å². The van der Waals surface area contributed by atoms with E-state index in [1.807, 2.05) is 17.9 Å². The van der Waals surface area contributed by atoms with Crippen molar-refractivity contribution in [3.63, 3.8) is 0 Å². The zero-order chi connectivity index (χ0) is 11.5. The number of piperazine rings is 1. The van der Waals surface area contributed by atoms with E-state index in [1.54, 1.807) is 0 Å². The van der Waals surface area contributed by atoms with Gasteiger partial charge < -0.3 is 10.2 Å². The fraction of sp³-hybridized carbons (Fsp3) is 0.462. The lowest BCUT2D eigenvalue weighted by Gasteiger charge is -2.31. The van der Waals surface area contributed by atoms with Crippen molar-refractivity contribution in [3.05, 3.63) is 35.4 Å². The second kappa shape index (κ2) is 4.66. The molecule has 0 spiro atoms. The highest BCUT2D eigenvalue weighted by atomic mass is 16.2. The molecule has 0 radical (unpaired) electrons. The van der Waals surface area contributed by atoms with Gasteiger partial charge in [-0.25, -0.2) is 0 Å². The number of amides is 1. The maximum atomic E-state index is 11.9. The van der Waals surface area contributed by atoms with E-state index in [4.69, 9.17) is 0 Å². The molecule has 1 amide bonds.